The Morgan fingerprint density at radius 2 is 2.18 bits per heavy atom. The summed E-state index contributed by atoms with van der Waals surface area (Å²) in [5, 5.41) is 12.2. The minimum absolute atomic E-state index is 0.199. The number of hydrogen-bond acceptors (Lipinski definition) is 3. The van der Waals surface area contributed by atoms with Gasteiger partial charge in [-0.15, -0.1) is 0 Å². The molecule has 0 bridgehead atoms. The first-order valence-electron chi connectivity index (χ1n) is 5.53. The quantitative estimate of drug-likeness (QED) is 0.818. The lowest BCUT2D eigenvalue weighted by molar-refractivity contribution is 0.0696. The van der Waals surface area contributed by atoms with E-state index in [1.807, 2.05) is 17.8 Å². The maximum Gasteiger partial charge on any atom is 0.335 e. The van der Waals surface area contributed by atoms with Crippen molar-refractivity contribution in [3.63, 3.8) is 0 Å². The average Bonchev–Trinajstić information content (AvgIpc) is 2.29. The van der Waals surface area contributed by atoms with Gasteiger partial charge in [-0.25, -0.2) is 4.79 Å². The molecule has 0 heterocycles. The second-order valence-corrected chi connectivity index (χ2v) is 6.09. The van der Waals surface area contributed by atoms with Crippen LogP contribution in [0, 0.1) is 0 Å². The van der Waals surface area contributed by atoms with Crippen LogP contribution in [0.25, 0.3) is 0 Å². The van der Waals surface area contributed by atoms with E-state index in [0.717, 1.165) is 12.1 Å². The van der Waals surface area contributed by atoms with Crippen LogP contribution in [0.2, 0.25) is 0 Å². The molecule has 0 fully saturated rings. The minimum Gasteiger partial charge on any atom is -0.478 e. The maximum atomic E-state index is 10.8. The minimum atomic E-state index is -0.878. The molecule has 0 unspecified atom stereocenters. The molecule has 1 aromatic carbocycles. The highest BCUT2D eigenvalue weighted by atomic mass is 32.2. The topological polar surface area (TPSA) is 49.3 Å². The monoisotopic (exact) mass is 253 g/mol. The van der Waals surface area contributed by atoms with Gasteiger partial charge in [0.25, 0.3) is 0 Å². The Bertz CT molecular complexity index is 391. The van der Waals surface area contributed by atoms with Crippen LogP contribution in [-0.4, -0.2) is 28.6 Å². The molecule has 2 N–H and O–H groups in total. The molecule has 0 saturated heterocycles. The van der Waals surface area contributed by atoms with Gasteiger partial charge in [0.15, 0.2) is 0 Å². The van der Waals surface area contributed by atoms with Crippen molar-refractivity contribution in [3.8, 4) is 0 Å². The first-order valence-corrected chi connectivity index (χ1v) is 6.75. The highest BCUT2D eigenvalue weighted by Crippen LogP contribution is 2.19. The van der Waals surface area contributed by atoms with E-state index in [0.29, 0.717) is 12.1 Å². The second-order valence-electron chi connectivity index (χ2n) is 4.57. The fraction of sp³-hybridized carbons (Fsp3) is 0.462. The van der Waals surface area contributed by atoms with Crippen molar-refractivity contribution in [1.82, 2.24) is 5.32 Å². The van der Waals surface area contributed by atoms with Crippen LogP contribution >= 0.6 is 11.8 Å². The van der Waals surface area contributed by atoms with E-state index >= 15 is 0 Å². The highest BCUT2D eigenvalue weighted by Gasteiger charge is 2.14. The van der Waals surface area contributed by atoms with Gasteiger partial charge in [0, 0.05) is 17.8 Å². The SMILES string of the molecule is CSC(C)(C)CNCc1cccc(C(=O)O)c1. The summed E-state index contributed by atoms with van der Waals surface area (Å²) in [4.78, 5) is 10.8. The zero-order valence-electron chi connectivity index (χ0n) is 10.5. The third kappa shape index (κ3) is 4.79. The normalized spacial score (nSPS) is 11.5. The van der Waals surface area contributed by atoms with Gasteiger partial charge in [0.2, 0.25) is 0 Å². The molecule has 0 aliphatic heterocycles. The number of benzene rings is 1. The smallest absolute Gasteiger partial charge is 0.335 e. The predicted octanol–water partition coefficient (Wildman–Crippen LogP) is 2.62. The number of hydrogen-bond donors (Lipinski definition) is 2. The molecule has 17 heavy (non-hydrogen) atoms. The van der Waals surface area contributed by atoms with Crippen molar-refractivity contribution in [2.45, 2.75) is 25.1 Å². The van der Waals surface area contributed by atoms with E-state index in [2.05, 4.69) is 25.4 Å². The third-order valence-corrected chi connectivity index (χ3v) is 3.86. The zero-order valence-corrected chi connectivity index (χ0v) is 11.3. The van der Waals surface area contributed by atoms with E-state index in [-0.39, 0.29) is 4.75 Å². The Morgan fingerprint density at radius 3 is 2.76 bits per heavy atom. The Balaban J connectivity index is 2.52. The van der Waals surface area contributed by atoms with Gasteiger partial charge < -0.3 is 10.4 Å². The van der Waals surface area contributed by atoms with Gasteiger partial charge in [0.1, 0.15) is 0 Å². The highest BCUT2D eigenvalue weighted by molar-refractivity contribution is 7.99. The fourth-order valence-corrected chi connectivity index (χ4v) is 1.64. The average molecular weight is 253 g/mol. The molecule has 0 atom stereocenters. The predicted molar refractivity (Wildman–Crippen MR) is 72.7 cm³/mol. The van der Waals surface area contributed by atoms with Crippen molar-refractivity contribution < 1.29 is 9.90 Å². The standard InChI is InChI=1S/C13H19NO2S/c1-13(2,17-3)9-14-8-10-5-4-6-11(7-10)12(15)16/h4-7,14H,8-9H2,1-3H3,(H,15,16). The van der Waals surface area contributed by atoms with E-state index in [1.165, 1.54) is 0 Å². The largest absolute Gasteiger partial charge is 0.478 e. The molecule has 1 rings (SSSR count). The molecule has 94 valence electrons. The van der Waals surface area contributed by atoms with Crippen molar-refractivity contribution in [2.75, 3.05) is 12.8 Å². The number of rotatable bonds is 6. The van der Waals surface area contributed by atoms with Crippen LogP contribution in [0.5, 0.6) is 0 Å². The Hall–Kier alpha value is -1.00. The van der Waals surface area contributed by atoms with Gasteiger partial charge in [0.05, 0.1) is 5.56 Å². The Morgan fingerprint density at radius 1 is 1.47 bits per heavy atom. The number of thioether (sulfide) groups is 1. The molecule has 0 radical (unpaired) electrons. The summed E-state index contributed by atoms with van der Waals surface area (Å²) in [6.45, 7) is 5.95. The van der Waals surface area contributed by atoms with Crippen molar-refractivity contribution in [1.29, 1.82) is 0 Å². The summed E-state index contributed by atoms with van der Waals surface area (Å²) in [7, 11) is 0. The van der Waals surface area contributed by atoms with Gasteiger partial charge >= 0.3 is 5.97 Å². The lowest BCUT2D eigenvalue weighted by Crippen LogP contribution is -2.31. The number of carboxylic acids is 1. The molecule has 0 aliphatic carbocycles. The Labute approximate surface area is 107 Å². The molecule has 0 aromatic heterocycles. The van der Waals surface area contributed by atoms with Crippen molar-refractivity contribution in [2.24, 2.45) is 0 Å². The zero-order chi connectivity index (χ0) is 12.9. The first kappa shape index (κ1) is 14.1. The maximum absolute atomic E-state index is 10.8. The van der Waals surface area contributed by atoms with Gasteiger partial charge in [-0.05, 0) is 37.8 Å². The van der Waals surface area contributed by atoms with Crippen LogP contribution < -0.4 is 5.32 Å². The van der Waals surface area contributed by atoms with Crippen LogP contribution in [-0.2, 0) is 6.54 Å². The van der Waals surface area contributed by atoms with Gasteiger partial charge in [-0.3, -0.25) is 0 Å². The lowest BCUT2D eigenvalue weighted by Gasteiger charge is -2.22. The summed E-state index contributed by atoms with van der Waals surface area (Å²) in [6.07, 6.45) is 2.09. The molecule has 0 spiro atoms. The fourth-order valence-electron chi connectivity index (χ4n) is 1.39. The summed E-state index contributed by atoms with van der Waals surface area (Å²) in [5.74, 6) is -0.878. The van der Waals surface area contributed by atoms with Crippen LogP contribution in [0.4, 0.5) is 0 Å². The summed E-state index contributed by atoms with van der Waals surface area (Å²) >= 11 is 1.81. The molecule has 0 saturated carbocycles. The third-order valence-electron chi connectivity index (χ3n) is 2.61. The molecule has 3 nitrogen and oxygen atoms in total. The number of aromatic carboxylic acids is 1. The molecule has 0 amide bonds. The first-order chi connectivity index (χ1) is 7.94. The number of nitrogens with one attached hydrogen (secondary N) is 1. The van der Waals surface area contributed by atoms with Crippen LogP contribution in [0.1, 0.15) is 29.8 Å². The van der Waals surface area contributed by atoms with Crippen molar-refractivity contribution in [3.05, 3.63) is 35.4 Å². The van der Waals surface area contributed by atoms with E-state index in [1.54, 1.807) is 18.2 Å². The van der Waals surface area contributed by atoms with E-state index < -0.39 is 5.97 Å². The summed E-state index contributed by atoms with van der Waals surface area (Å²) < 4.78 is 0.199. The summed E-state index contributed by atoms with van der Waals surface area (Å²) in [6, 6.07) is 7.03. The van der Waals surface area contributed by atoms with Gasteiger partial charge in [-0.2, -0.15) is 11.8 Å². The molecular weight excluding hydrogens is 234 g/mol. The molecule has 4 heteroatoms. The molecular formula is C13H19NO2S. The van der Waals surface area contributed by atoms with E-state index in [4.69, 9.17) is 5.11 Å². The molecule has 0 aliphatic rings. The van der Waals surface area contributed by atoms with E-state index in [9.17, 15) is 4.79 Å². The lowest BCUT2D eigenvalue weighted by atomic mass is 10.1. The molecule has 1 aromatic rings. The van der Waals surface area contributed by atoms with Gasteiger partial charge in [-0.1, -0.05) is 12.1 Å². The number of carbonyl (C=O) groups is 1. The van der Waals surface area contributed by atoms with Crippen LogP contribution in [0.15, 0.2) is 24.3 Å². The van der Waals surface area contributed by atoms with Crippen LogP contribution in [0.3, 0.4) is 0 Å². The summed E-state index contributed by atoms with van der Waals surface area (Å²) in [5.41, 5.74) is 1.34. The van der Waals surface area contributed by atoms with Crippen molar-refractivity contribution >= 4 is 17.7 Å². The Kier molecular flexibility index (Phi) is 5.02. The second kappa shape index (κ2) is 6.07. The number of carboxylic acid groups (broad SMARTS) is 1.